The molecule has 0 saturated carbocycles. The van der Waals surface area contributed by atoms with Crippen molar-refractivity contribution in [2.24, 2.45) is 0 Å². The Morgan fingerprint density at radius 3 is 2.44 bits per heavy atom. The second-order valence-corrected chi connectivity index (χ2v) is 4.76. The molecule has 0 fully saturated rings. The second kappa shape index (κ2) is 5.06. The lowest BCUT2D eigenvalue weighted by molar-refractivity contribution is 0.627. The molecule has 18 heavy (non-hydrogen) atoms. The van der Waals surface area contributed by atoms with Crippen molar-refractivity contribution < 1.29 is 8.42 Å². The number of rotatable bonds is 2. The largest absolute Gasteiger partial charge is 0.398 e. The van der Waals surface area contributed by atoms with Gasteiger partial charge in [0.25, 0.3) is 0 Å². The summed E-state index contributed by atoms with van der Waals surface area (Å²) in [6.07, 6.45) is 0. The molecule has 2 aromatic carbocycles. The Hall–Kier alpha value is -2.07. The molecule has 2 N–H and O–H groups in total. The fraction of sp³-hybridized carbons (Fsp3) is 0.0714. The molecule has 0 aliphatic rings. The van der Waals surface area contributed by atoms with Gasteiger partial charge in [-0.05, 0) is 29.7 Å². The topological polar surface area (TPSA) is 60.2 Å². The van der Waals surface area contributed by atoms with Gasteiger partial charge >= 0.3 is 0 Å². The van der Waals surface area contributed by atoms with Crippen LogP contribution in [0.5, 0.6) is 0 Å². The number of hydrogen-bond donors (Lipinski definition) is 1. The normalized spacial score (nSPS) is 10.1. The van der Waals surface area contributed by atoms with Gasteiger partial charge in [-0.3, -0.25) is 0 Å². The summed E-state index contributed by atoms with van der Waals surface area (Å²) in [5.41, 5.74) is 9.93. The smallest absolute Gasteiger partial charge is 0.214 e. The van der Waals surface area contributed by atoms with Crippen LogP contribution in [0.3, 0.4) is 0 Å². The number of aryl methyl sites for hydroxylation is 1. The zero-order valence-electron chi connectivity index (χ0n) is 9.92. The third-order valence-corrected chi connectivity index (χ3v) is 3.21. The first-order chi connectivity index (χ1) is 8.59. The summed E-state index contributed by atoms with van der Waals surface area (Å²) in [7, 11) is -2.25. The van der Waals surface area contributed by atoms with Crippen molar-refractivity contribution in [2.45, 2.75) is 6.92 Å². The van der Waals surface area contributed by atoms with Crippen LogP contribution in [0.25, 0.3) is 11.1 Å². The third-order valence-electron chi connectivity index (χ3n) is 2.77. The van der Waals surface area contributed by atoms with Crippen molar-refractivity contribution in [3.63, 3.8) is 0 Å². The van der Waals surface area contributed by atoms with Crippen LogP contribution in [0.15, 0.2) is 42.5 Å². The van der Waals surface area contributed by atoms with E-state index >= 15 is 0 Å². The third kappa shape index (κ3) is 2.43. The van der Waals surface area contributed by atoms with Crippen LogP contribution >= 0.6 is 0 Å². The molecule has 0 saturated heterocycles. The van der Waals surface area contributed by atoms with Gasteiger partial charge in [0.15, 0.2) is 0 Å². The molecule has 2 aromatic rings. The van der Waals surface area contributed by atoms with Crippen molar-refractivity contribution in [3.8, 4) is 11.1 Å². The van der Waals surface area contributed by atoms with Gasteiger partial charge in [0.1, 0.15) is 0 Å². The zero-order chi connectivity index (χ0) is 13.1. The van der Waals surface area contributed by atoms with Gasteiger partial charge in [-0.1, -0.05) is 36.4 Å². The molecule has 0 aliphatic carbocycles. The zero-order valence-corrected chi connectivity index (χ0v) is 10.7. The summed E-state index contributed by atoms with van der Waals surface area (Å²) >= 11 is 0. The Morgan fingerprint density at radius 2 is 1.78 bits per heavy atom. The van der Waals surface area contributed by atoms with Crippen molar-refractivity contribution >= 4 is 21.3 Å². The summed E-state index contributed by atoms with van der Waals surface area (Å²) in [6.45, 7) is 1.97. The average molecular weight is 259 g/mol. The van der Waals surface area contributed by atoms with E-state index in [1.54, 1.807) is 18.2 Å². The maximum atomic E-state index is 10.9. The quantitative estimate of drug-likeness (QED) is 0.665. The van der Waals surface area contributed by atoms with Crippen LogP contribution in [0.1, 0.15) is 11.1 Å². The minimum atomic E-state index is -2.25. The average Bonchev–Trinajstić information content (AvgIpc) is 2.30. The first-order valence-corrected chi connectivity index (χ1v) is 6.61. The highest BCUT2D eigenvalue weighted by Crippen LogP contribution is 2.31. The van der Waals surface area contributed by atoms with Crippen LogP contribution in [0, 0.1) is 6.92 Å². The molecule has 3 nitrogen and oxygen atoms in total. The number of hydrogen-bond acceptors (Lipinski definition) is 3. The maximum absolute atomic E-state index is 10.9. The van der Waals surface area contributed by atoms with E-state index in [9.17, 15) is 8.42 Å². The maximum Gasteiger partial charge on any atom is 0.214 e. The van der Waals surface area contributed by atoms with E-state index in [2.05, 4.69) is 0 Å². The van der Waals surface area contributed by atoms with E-state index in [4.69, 9.17) is 5.73 Å². The van der Waals surface area contributed by atoms with Crippen LogP contribution in [-0.4, -0.2) is 13.8 Å². The van der Waals surface area contributed by atoms with Crippen molar-refractivity contribution in [3.05, 3.63) is 53.6 Å². The standard InChI is InChI=1S/C14H13NO2S/c1-10-5-2-3-7-12(10)14-11(9-18(16)17)6-4-8-13(14)15/h2-9H,15H2,1H3. The van der Waals surface area contributed by atoms with Crippen molar-refractivity contribution in [2.75, 3.05) is 5.73 Å². The Labute approximate surface area is 107 Å². The highest BCUT2D eigenvalue weighted by atomic mass is 32.2. The van der Waals surface area contributed by atoms with Crippen molar-refractivity contribution in [1.82, 2.24) is 0 Å². The summed E-state index contributed by atoms with van der Waals surface area (Å²) in [5, 5.41) is 1.18. The molecule has 0 bridgehead atoms. The SMILES string of the molecule is Cc1ccccc1-c1c(N)cccc1C=S(=O)=O. The molecular formula is C14H13NO2S. The van der Waals surface area contributed by atoms with Crippen molar-refractivity contribution in [1.29, 1.82) is 0 Å². The lowest BCUT2D eigenvalue weighted by Gasteiger charge is -2.11. The summed E-state index contributed by atoms with van der Waals surface area (Å²) in [4.78, 5) is 0. The molecule has 0 radical (unpaired) electrons. The Morgan fingerprint density at radius 1 is 1.06 bits per heavy atom. The van der Waals surface area contributed by atoms with Gasteiger partial charge in [0, 0.05) is 11.3 Å². The predicted molar refractivity (Wildman–Crippen MR) is 75.1 cm³/mol. The Kier molecular flexibility index (Phi) is 3.48. The Balaban J connectivity index is 2.78. The molecular weight excluding hydrogens is 246 g/mol. The van der Waals surface area contributed by atoms with Gasteiger partial charge < -0.3 is 5.73 Å². The second-order valence-electron chi connectivity index (χ2n) is 4.00. The van der Waals surface area contributed by atoms with E-state index in [0.29, 0.717) is 11.3 Å². The van der Waals surface area contributed by atoms with Crippen LogP contribution in [0.2, 0.25) is 0 Å². The lowest BCUT2D eigenvalue weighted by Crippen LogP contribution is -1.97. The van der Waals surface area contributed by atoms with E-state index < -0.39 is 10.3 Å². The summed E-state index contributed by atoms with van der Waals surface area (Å²) in [6, 6.07) is 13.0. The highest BCUT2D eigenvalue weighted by molar-refractivity contribution is 7.71. The number of nitrogens with two attached hydrogens (primary N) is 1. The first kappa shape index (κ1) is 12.4. The minimum Gasteiger partial charge on any atom is -0.398 e. The first-order valence-electron chi connectivity index (χ1n) is 5.47. The number of benzene rings is 2. The fourth-order valence-electron chi connectivity index (χ4n) is 1.96. The Bertz CT molecular complexity index is 710. The molecule has 0 aromatic heterocycles. The predicted octanol–water partition coefficient (Wildman–Crippen LogP) is 2.27. The highest BCUT2D eigenvalue weighted by Gasteiger charge is 2.09. The lowest BCUT2D eigenvalue weighted by atomic mass is 9.95. The van der Waals surface area contributed by atoms with E-state index in [0.717, 1.165) is 16.7 Å². The van der Waals surface area contributed by atoms with Crippen LogP contribution < -0.4 is 5.73 Å². The van der Waals surface area contributed by atoms with Gasteiger partial charge in [0.2, 0.25) is 10.3 Å². The van der Waals surface area contributed by atoms with Crippen LogP contribution in [0.4, 0.5) is 5.69 Å². The van der Waals surface area contributed by atoms with Gasteiger partial charge in [-0.25, -0.2) is 0 Å². The number of nitrogen functional groups attached to an aromatic ring is 1. The molecule has 0 unspecified atom stereocenters. The molecule has 0 heterocycles. The molecule has 0 aliphatic heterocycles. The van der Waals surface area contributed by atoms with Crippen LogP contribution in [-0.2, 0) is 10.3 Å². The minimum absolute atomic E-state index is 0.573. The van der Waals surface area contributed by atoms with Gasteiger partial charge in [-0.15, -0.1) is 0 Å². The van der Waals surface area contributed by atoms with Gasteiger partial charge in [-0.2, -0.15) is 8.42 Å². The van der Waals surface area contributed by atoms with Gasteiger partial charge in [0.05, 0.1) is 5.37 Å². The molecule has 0 amide bonds. The molecule has 92 valence electrons. The molecule has 4 heteroatoms. The molecule has 0 spiro atoms. The van der Waals surface area contributed by atoms with E-state index in [1.165, 1.54) is 5.37 Å². The van der Waals surface area contributed by atoms with E-state index in [-0.39, 0.29) is 0 Å². The number of anilines is 1. The molecule has 2 rings (SSSR count). The summed E-state index contributed by atoms with van der Waals surface area (Å²) in [5.74, 6) is 0. The fourth-order valence-corrected chi connectivity index (χ4v) is 2.36. The monoisotopic (exact) mass is 259 g/mol. The van der Waals surface area contributed by atoms with E-state index in [1.807, 2.05) is 31.2 Å². The molecule has 0 atom stereocenters. The summed E-state index contributed by atoms with van der Waals surface area (Å²) < 4.78 is 21.7.